The van der Waals surface area contributed by atoms with E-state index in [1.54, 1.807) is 25.4 Å². The SMILES string of the molecule is CN=C(NCc1cccnc1N1CCC(C(N)=O)CC1)NCC(C)Oc1ccc(F)cc1. The van der Waals surface area contributed by atoms with Gasteiger partial charge in [0, 0.05) is 44.4 Å². The lowest BCUT2D eigenvalue weighted by Gasteiger charge is -2.32. The Labute approximate surface area is 188 Å². The highest BCUT2D eigenvalue weighted by molar-refractivity contribution is 5.79. The van der Waals surface area contributed by atoms with Gasteiger partial charge < -0.3 is 26.0 Å². The van der Waals surface area contributed by atoms with Crippen molar-refractivity contribution in [2.45, 2.75) is 32.4 Å². The number of guanidine groups is 1. The molecule has 1 saturated heterocycles. The van der Waals surface area contributed by atoms with E-state index in [0.717, 1.165) is 37.3 Å². The molecule has 9 heteroatoms. The Balaban J connectivity index is 1.50. The highest BCUT2D eigenvalue weighted by Gasteiger charge is 2.25. The molecule has 2 aromatic rings. The third-order valence-corrected chi connectivity index (χ3v) is 5.44. The van der Waals surface area contributed by atoms with Crippen LogP contribution in [0.15, 0.2) is 47.6 Å². The van der Waals surface area contributed by atoms with E-state index in [4.69, 9.17) is 10.5 Å². The minimum atomic E-state index is -0.292. The number of ether oxygens (including phenoxy) is 1. The summed E-state index contributed by atoms with van der Waals surface area (Å²) in [5.74, 6) is 1.59. The van der Waals surface area contributed by atoms with Crippen LogP contribution in [0.1, 0.15) is 25.3 Å². The first-order valence-electron chi connectivity index (χ1n) is 10.8. The number of carbonyl (C=O) groups is 1. The fourth-order valence-corrected chi connectivity index (χ4v) is 3.66. The standard InChI is InChI=1S/C23H31FN6O2/c1-16(32-20-7-5-19(24)6-8-20)14-28-23(26-2)29-15-18-4-3-11-27-22(18)30-12-9-17(10-13-30)21(25)31/h3-8,11,16-17H,9-10,12-15H2,1-2H3,(H2,25,31)(H2,26,28,29). The molecule has 1 aliphatic heterocycles. The Kier molecular flexibility index (Phi) is 8.24. The van der Waals surface area contributed by atoms with Gasteiger partial charge in [0.25, 0.3) is 0 Å². The number of carbonyl (C=O) groups excluding carboxylic acids is 1. The van der Waals surface area contributed by atoms with Crippen molar-refractivity contribution in [2.75, 3.05) is 31.6 Å². The van der Waals surface area contributed by atoms with Crippen LogP contribution in [0.5, 0.6) is 5.75 Å². The van der Waals surface area contributed by atoms with Crippen molar-refractivity contribution in [1.82, 2.24) is 15.6 Å². The van der Waals surface area contributed by atoms with Crippen LogP contribution in [0, 0.1) is 11.7 Å². The Morgan fingerprint density at radius 2 is 2.00 bits per heavy atom. The second-order valence-electron chi connectivity index (χ2n) is 7.84. The van der Waals surface area contributed by atoms with Crippen LogP contribution in [0.25, 0.3) is 0 Å². The Morgan fingerprint density at radius 3 is 2.66 bits per heavy atom. The lowest BCUT2D eigenvalue weighted by molar-refractivity contribution is -0.122. The number of amides is 1. The van der Waals surface area contributed by atoms with Crippen molar-refractivity contribution in [3.05, 3.63) is 54.0 Å². The molecule has 0 bridgehead atoms. The van der Waals surface area contributed by atoms with E-state index >= 15 is 0 Å². The molecule has 0 radical (unpaired) electrons. The molecular weight excluding hydrogens is 411 g/mol. The van der Waals surface area contributed by atoms with E-state index in [2.05, 4.69) is 25.5 Å². The number of rotatable bonds is 8. The number of hydrogen-bond acceptors (Lipinski definition) is 5. The summed E-state index contributed by atoms with van der Waals surface area (Å²) < 4.78 is 18.8. The average molecular weight is 443 g/mol. The predicted octanol–water partition coefficient (Wildman–Crippen LogP) is 2.05. The first kappa shape index (κ1) is 23.3. The van der Waals surface area contributed by atoms with Crippen molar-refractivity contribution in [3.63, 3.8) is 0 Å². The lowest BCUT2D eigenvalue weighted by Crippen LogP contribution is -2.42. The summed E-state index contributed by atoms with van der Waals surface area (Å²) >= 11 is 0. The molecule has 0 saturated carbocycles. The van der Waals surface area contributed by atoms with Gasteiger partial charge in [-0.05, 0) is 50.1 Å². The fourth-order valence-electron chi connectivity index (χ4n) is 3.66. The first-order chi connectivity index (χ1) is 15.5. The van der Waals surface area contributed by atoms with E-state index in [-0.39, 0.29) is 23.7 Å². The molecule has 0 spiro atoms. The summed E-state index contributed by atoms with van der Waals surface area (Å²) in [7, 11) is 1.71. The van der Waals surface area contributed by atoms with Gasteiger partial charge in [0.05, 0.1) is 6.54 Å². The van der Waals surface area contributed by atoms with Crippen molar-refractivity contribution in [2.24, 2.45) is 16.6 Å². The molecule has 1 aliphatic rings. The van der Waals surface area contributed by atoms with Crippen molar-refractivity contribution in [3.8, 4) is 5.75 Å². The van der Waals surface area contributed by atoms with E-state index < -0.39 is 0 Å². The highest BCUT2D eigenvalue weighted by Crippen LogP contribution is 2.24. The van der Waals surface area contributed by atoms with Gasteiger partial charge in [0.1, 0.15) is 23.5 Å². The number of nitrogens with two attached hydrogens (primary N) is 1. The van der Waals surface area contributed by atoms with E-state index in [1.165, 1.54) is 12.1 Å². The van der Waals surface area contributed by atoms with Gasteiger partial charge in [0.2, 0.25) is 5.91 Å². The summed E-state index contributed by atoms with van der Waals surface area (Å²) in [6.07, 6.45) is 3.13. The molecule has 1 unspecified atom stereocenters. The van der Waals surface area contributed by atoms with Gasteiger partial charge in [-0.15, -0.1) is 0 Å². The van der Waals surface area contributed by atoms with Crippen LogP contribution in [-0.4, -0.2) is 49.6 Å². The Bertz CT molecular complexity index is 913. The number of piperidine rings is 1. The average Bonchev–Trinajstić information content (AvgIpc) is 2.81. The van der Waals surface area contributed by atoms with Gasteiger partial charge >= 0.3 is 0 Å². The summed E-state index contributed by atoms with van der Waals surface area (Å²) in [5.41, 5.74) is 6.49. The number of primary amides is 1. The van der Waals surface area contributed by atoms with Gasteiger partial charge in [-0.1, -0.05) is 6.07 Å². The van der Waals surface area contributed by atoms with Crippen molar-refractivity contribution >= 4 is 17.7 Å². The molecule has 1 amide bonds. The first-order valence-corrected chi connectivity index (χ1v) is 10.8. The maximum Gasteiger partial charge on any atom is 0.220 e. The molecule has 1 atom stereocenters. The Hall–Kier alpha value is -3.36. The van der Waals surface area contributed by atoms with Crippen LogP contribution in [-0.2, 0) is 11.3 Å². The van der Waals surface area contributed by atoms with Crippen LogP contribution in [0.2, 0.25) is 0 Å². The van der Waals surface area contributed by atoms with Crippen LogP contribution in [0.3, 0.4) is 0 Å². The molecule has 3 rings (SSSR count). The molecule has 32 heavy (non-hydrogen) atoms. The highest BCUT2D eigenvalue weighted by atomic mass is 19.1. The van der Waals surface area contributed by atoms with Gasteiger partial charge in [-0.25, -0.2) is 9.37 Å². The minimum Gasteiger partial charge on any atom is -0.489 e. The third kappa shape index (κ3) is 6.57. The second-order valence-corrected chi connectivity index (χ2v) is 7.84. The number of anilines is 1. The summed E-state index contributed by atoms with van der Waals surface area (Å²) in [6, 6.07) is 9.90. The summed E-state index contributed by atoms with van der Waals surface area (Å²) in [5, 5.41) is 6.55. The molecule has 0 aliphatic carbocycles. The fraction of sp³-hybridized carbons (Fsp3) is 0.435. The molecule has 4 N–H and O–H groups in total. The number of halogens is 1. The van der Waals surface area contributed by atoms with E-state index in [0.29, 0.717) is 24.8 Å². The quantitative estimate of drug-likeness (QED) is 0.427. The zero-order chi connectivity index (χ0) is 22.9. The zero-order valence-electron chi connectivity index (χ0n) is 18.6. The van der Waals surface area contributed by atoms with Crippen LogP contribution in [0.4, 0.5) is 10.2 Å². The summed E-state index contributed by atoms with van der Waals surface area (Å²) in [4.78, 5) is 22.5. The predicted molar refractivity (Wildman–Crippen MR) is 123 cm³/mol. The molecule has 1 fully saturated rings. The lowest BCUT2D eigenvalue weighted by atomic mass is 9.96. The molecule has 1 aromatic carbocycles. The maximum absolute atomic E-state index is 13.0. The van der Waals surface area contributed by atoms with Gasteiger partial charge in [0.15, 0.2) is 5.96 Å². The number of aliphatic imine (C=N–C) groups is 1. The number of hydrogen-bond donors (Lipinski definition) is 3. The zero-order valence-corrected chi connectivity index (χ0v) is 18.6. The second kappa shape index (κ2) is 11.3. The molecular formula is C23H31FN6O2. The van der Waals surface area contributed by atoms with Crippen molar-refractivity contribution < 1.29 is 13.9 Å². The number of aromatic nitrogens is 1. The van der Waals surface area contributed by atoms with Gasteiger partial charge in [-0.2, -0.15) is 0 Å². The number of nitrogens with zero attached hydrogens (tertiary/aromatic N) is 3. The molecule has 1 aromatic heterocycles. The van der Waals surface area contributed by atoms with Crippen molar-refractivity contribution in [1.29, 1.82) is 0 Å². The number of nitrogens with one attached hydrogen (secondary N) is 2. The van der Waals surface area contributed by atoms with E-state index in [1.807, 2.05) is 19.1 Å². The van der Waals surface area contributed by atoms with Crippen LogP contribution < -0.4 is 26.0 Å². The Morgan fingerprint density at radius 1 is 1.28 bits per heavy atom. The molecule has 172 valence electrons. The van der Waals surface area contributed by atoms with E-state index in [9.17, 15) is 9.18 Å². The molecule has 2 heterocycles. The number of pyridine rings is 1. The molecule has 8 nitrogen and oxygen atoms in total. The van der Waals surface area contributed by atoms with Crippen LogP contribution >= 0.6 is 0 Å². The maximum atomic E-state index is 13.0. The third-order valence-electron chi connectivity index (χ3n) is 5.44. The topological polar surface area (TPSA) is 105 Å². The van der Waals surface area contributed by atoms with Gasteiger partial charge in [-0.3, -0.25) is 9.79 Å². The number of benzene rings is 1. The summed E-state index contributed by atoms with van der Waals surface area (Å²) in [6.45, 7) is 4.51. The largest absolute Gasteiger partial charge is 0.489 e. The minimum absolute atomic E-state index is 0.0568. The monoisotopic (exact) mass is 442 g/mol. The smallest absolute Gasteiger partial charge is 0.220 e. The normalized spacial score (nSPS) is 15.8.